The summed E-state index contributed by atoms with van der Waals surface area (Å²) in [6.07, 6.45) is 5.01. The highest BCUT2D eigenvalue weighted by Crippen LogP contribution is 2.42. The number of carbonyl (C=O) groups excluding carboxylic acids is 2. The molecule has 206 valence electrons. The van der Waals surface area contributed by atoms with Gasteiger partial charge in [0, 0.05) is 26.2 Å². The van der Waals surface area contributed by atoms with E-state index in [9.17, 15) is 9.59 Å². The second-order valence-electron chi connectivity index (χ2n) is 10.7. The van der Waals surface area contributed by atoms with Crippen molar-refractivity contribution in [1.82, 2.24) is 15.1 Å². The number of piperidine rings is 1. The van der Waals surface area contributed by atoms with E-state index in [2.05, 4.69) is 22.3 Å². The van der Waals surface area contributed by atoms with Crippen molar-refractivity contribution in [2.24, 2.45) is 5.41 Å². The number of ether oxygens (including phenoxy) is 2. The maximum atomic E-state index is 13.4. The number of halogens is 1. The van der Waals surface area contributed by atoms with Crippen molar-refractivity contribution in [2.45, 2.75) is 57.2 Å². The molecule has 3 aliphatic heterocycles. The molecule has 38 heavy (non-hydrogen) atoms. The summed E-state index contributed by atoms with van der Waals surface area (Å²) >= 11 is 0. The second kappa shape index (κ2) is 13.0. The summed E-state index contributed by atoms with van der Waals surface area (Å²) in [6, 6.07) is 18.2. The normalized spacial score (nSPS) is 21.8. The number of methoxy groups -OCH3 is 1. The minimum atomic E-state index is -0.324. The van der Waals surface area contributed by atoms with E-state index in [4.69, 9.17) is 9.47 Å². The zero-order valence-electron chi connectivity index (χ0n) is 22.3. The van der Waals surface area contributed by atoms with Crippen molar-refractivity contribution in [1.29, 1.82) is 0 Å². The van der Waals surface area contributed by atoms with E-state index < -0.39 is 0 Å². The fourth-order valence-electron chi connectivity index (χ4n) is 6.03. The molecular formula is C30H40ClN3O4. The van der Waals surface area contributed by atoms with E-state index in [0.29, 0.717) is 19.1 Å². The van der Waals surface area contributed by atoms with Gasteiger partial charge >= 0.3 is 0 Å². The van der Waals surface area contributed by atoms with Crippen LogP contribution in [-0.4, -0.2) is 67.6 Å². The number of nitrogens with zero attached hydrogens (tertiary/aromatic N) is 2. The van der Waals surface area contributed by atoms with Crippen LogP contribution in [-0.2, 0) is 20.9 Å². The van der Waals surface area contributed by atoms with Gasteiger partial charge in [0.1, 0.15) is 11.9 Å². The minimum Gasteiger partial charge on any atom is -0.497 e. The Morgan fingerprint density at radius 2 is 1.79 bits per heavy atom. The second-order valence-corrected chi connectivity index (χ2v) is 10.7. The largest absolute Gasteiger partial charge is 0.497 e. The van der Waals surface area contributed by atoms with E-state index in [-0.39, 0.29) is 35.9 Å². The lowest BCUT2D eigenvalue weighted by molar-refractivity contribution is -0.139. The van der Waals surface area contributed by atoms with Crippen molar-refractivity contribution in [2.75, 3.05) is 39.9 Å². The van der Waals surface area contributed by atoms with Gasteiger partial charge < -0.3 is 24.6 Å². The predicted molar refractivity (Wildman–Crippen MR) is 149 cm³/mol. The van der Waals surface area contributed by atoms with Crippen LogP contribution in [0.25, 0.3) is 0 Å². The average molecular weight is 542 g/mol. The van der Waals surface area contributed by atoms with Crippen molar-refractivity contribution in [3.05, 3.63) is 65.7 Å². The van der Waals surface area contributed by atoms with Gasteiger partial charge in [-0.25, -0.2) is 0 Å². The molecule has 1 N–H and O–H groups in total. The van der Waals surface area contributed by atoms with Crippen molar-refractivity contribution >= 4 is 24.2 Å². The molecule has 2 aromatic carbocycles. The van der Waals surface area contributed by atoms with Gasteiger partial charge in [-0.1, -0.05) is 42.5 Å². The van der Waals surface area contributed by atoms with Crippen LogP contribution in [0.5, 0.6) is 5.75 Å². The Hall–Kier alpha value is -2.61. The molecular weight excluding hydrogens is 502 g/mol. The van der Waals surface area contributed by atoms with Gasteiger partial charge in [0.15, 0.2) is 0 Å². The lowest BCUT2D eigenvalue weighted by Gasteiger charge is -2.38. The molecule has 0 radical (unpaired) electrons. The molecule has 0 aromatic heterocycles. The number of nitrogens with one attached hydrogen (secondary N) is 1. The highest BCUT2D eigenvalue weighted by atomic mass is 35.5. The van der Waals surface area contributed by atoms with Crippen LogP contribution < -0.4 is 10.1 Å². The van der Waals surface area contributed by atoms with Crippen LogP contribution in [0.15, 0.2) is 54.6 Å². The molecule has 0 unspecified atom stereocenters. The van der Waals surface area contributed by atoms with E-state index >= 15 is 0 Å². The Kier molecular flexibility index (Phi) is 9.69. The maximum Gasteiger partial charge on any atom is 0.249 e. The standard InChI is InChI=1S/C30H39N3O4.ClH/c1-36-25-11-9-23(10-12-25)22-33-20-16-30(29(33)35)14-18-32(19-15-30)17-13-26(24-6-3-2-4-7-24)31-28(34)27-8-5-21-37-27;/h2-4,6-7,9-12,26-27H,5,8,13-22H2,1H3,(H,31,34);1H/t26-,27+;/m0./s1. The number of amides is 2. The lowest BCUT2D eigenvalue weighted by atomic mass is 9.77. The lowest BCUT2D eigenvalue weighted by Crippen LogP contribution is -2.45. The van der Waals surface area contributed by atoms with Crippen molar-refractivity contribution in [3.63, 3.8) is 0 Å². The highest BCUT2D eigenvalue weighted by Gasteiger charge is 2.47. The molecule has 0 saturated carbocycles. The molecule has 7 nitrogen and oxygen atoms in total. The van der Waals surface area contributed by atoms with E-state index in [0.717, 1.165) is 81.6 Å². The molecule has 2 amide bonds. The molecule has 5 rings (SSSR count). The number of carbonyl (C=O) groups is 2. The van der Waals surface area contributed by atoms with Gasteiger partial charge in [0.05, 0.1) is 18.6 Å². The molecule has 8 heteroatoms. The first-order chi connectivity index (χ1) is 18.1. The Bertz CT molecular complexity index is 1050. The van der Waals surface area contributed by atoms with Crippen molar-refractivity contribution in [3.8, 4) is 5.75 Å². The number of hydrogen-bond acceptors (Lipinski definition) is 5. The summed E-state index contributed by atoms with van der Waals surface area (Å²) in [4.78, 5) is 30.7. The summed E-state index contributed by atoms with van der Waals surface area (Å²) in [5.74, 6) is 1.15. The first-order valence-electron chi connectivity index (χ1n) is 13.7. The van der Waals surface area contributed by atoms with Crippen LogP contribution in [0.4, 0.5) is 0 Å². The predicted octanol–water partition coefficient (Wildman–Crippen LogP) is 4.36. The van der Waals surface area contributed by atoms with Gasteiger partial charge in [-0.2, -0.15) is 0 Å². The average Bonchev–Trinajstić information content (AvgIpc) is 3.58. The molecule has 3 aliphatic rings. The number of benzene rings is 2. The minimum absolute atomic E-state index is 0. The fourth-order valence-corrected chi connectivity index (χ4v) is 6.03. The Balaban J connectivity index is 0.00000336. The molecule has 2 aromatic rings. The molecule has 3 saturated heterocycles. The summed E-state index contributed by atoms with van der Waals surface area (Å²) in [6.45, 7) is 4.89. The van der Waals surface area contributed by atoms with E-state index in [1.54, 1.807) is 7.11 Å². The SMILES string of the molecule is COc1ccc(CN2CCC3(CCN(CC[C@H](NC(=O)[C@H]4CCCO4)c4ccccc4)CC3)C2=O)cc1.Cl. The summed E-state index contributed by atoms with van der Waals surface area (Å²) in [5, 5.41) is 3.25. The third kappa shape index (κ3) is 6.50. The quantitative estimate of drug-likeness (QED) is 0.511. The summed E-state index contributed by atoms with van der Waals surface area (Å²) < 4.78 is 10.9. The van der Waals surface area contributed by atoms with E-state index in [1.165, 1.54) is 0 Å². The topological polar surface area (TPSA) is 71.1 Å². The number of rotatable bonds is 9. The van der Waals surface area contributed by atoms with Gasteiger partial charge in [-0.15, -0.1) is 12.4 Å². The van der Waals surface area contributed by atoms with E-state index in [1.807, 2.05) is 47.4 Å². The highest BCUT2D eigenvalue weighted by molar-refractivity contribution is 5.85. The molecule has 1 spiro atoms. The molecule has 2 atom stereocenters. The summed E-state index contributed by atoms with van der Waals surface area (Å²) in [7, 11) is 1.67. The van der Waals surface area contributed by atoms with Crippen LogP contribution in [0.3, 0.4) is 0 Å². The zero-order valence-corrected chi connectivity index (χ0v) is 23.1. The molecule has 0 bridgehead atoms. The van der Waals surface area contributed by atoms with Gasteiger partial charge in [0.25, 0.3) is 0 Å². The Labute approximate surface area is 232 Å². The smallest absolute Gasteiger partial charge is 0.249 e. The maximum absolute atomic E-state index is 13.4. The van der Waals surface area contributed by atoms with Crippen LogP contribution >= 0.6 is 12.4 Å². The molecule has 0 aliphatic carbocycles. The van der Waals surface area contributed by atoms with Gasteiger partial charge in [-0.05, 0) is 74.9 Å². The van der Waals surface area contributed by atoms with Crippen LogP contribution in [0.1, 0.15) is 55.7 Å². The van der Waals surface area contributed by atoms with Gasteiger partial charge in [-0.3, -0.25) is 9.59 Å². The van der Waals surface area contributed by atoms with Crippen LogP contribution in [0.2, 0.25) is 0 Å². The third-order valence-electron chi connectivity index (χ3n) is 8.42. The van der Waals surface area contributed by atoms with Gasteiger partial charge in [0.2, 0.25) is 11.8 Å². The Morgan fingerprint density at radius 1 is 1.08 bits per heavy atom. The monoisotopic (exact) mass is 541 g/mol. The first-order valence-corrected chi connectivity index (χ1v) is 13.7. The zero-order chi connectivity index (χ0) is 25.7. The van der Waals surface area contributed by atoms with Crippen molar-refractivity contribution < 1.29 is 19.1 Å². The number of hydrogen-bond donors (Lipinski definition) is 1. The van der Waals surface area contributed by atoms with Crippen LogP contribution in [0, 0.1) is 5.41 Å². The fraction of sp³-hybridized carbons (Fsp3) is 0.533. The molecule has 3 heterocycles. The number of likely N-dealkylation sites (tertiary alicyclic amines) is 2. The third-order valence-corrected chi connectivity index (χ3v) is 8.42. The summed E-state index contributed by atoms with van der Waals surface area (Å²) in [5.41, 5.74) is 2.05. The first kappa shape index (κ1) is 28.4. The Morgan fingerprint density at radius 3 is 2.45 bits per heavy atom. The molecule has 3 fully saturated rings.